The zero-order valence-corrected chi connectivity index (χ0v) is 63.7. The van der Waals surface area contributed by atoms with Crippen LogP contribution in [0.5, 0.6) is 0 Å². The molecule has 0 saturated heterocycles. The minimum absolute atomic E-state index is 0. The SMILES string of the molecule is C.CC1(C)c2ccccc2-c2ccc3cc4c(cc3c21)-c1ccccc1C4.CC1(C)c2ccccc2-c2ccc3cc4c(cc3c21)c1ccccc1n4-c1nc(-c2ccc(-c3cccc4ccccc34)cc2)c2sc3ccccc3c2n1.Clc1nc(-c2ccc(-c3cccc4ccccc34)cc2)c2sc3ccccc3c2n1. The van der Waals surface area contributed by atoms with Gasteiger partial charge in [0.25, 0.3) is 0 Å². The number of hydrogen-bond acceptors (Lipinski definition) is 6. The van der Waals surface area contributed by atoms with Gasteiger partial charge in [0.2, 0.25) is 11.2 Å². The quantitative estimate of drug-likeness (QED) is 0.161. The van der Waals surface area contributed by atoms with Crippen LogP contribution in [-0.4, -0.2) is 24.5 Å². The van der Waals surface area contributed by atoms with Crippen LogP contribution < -0.4 is 0 Å². The molecule has 0 fully saturated rings. The molecule has 0 bridgehead atoms. The molecule has 5 nitrogen and oxygen atoms in total. The Morgan fingerprint density at radius 1 is 0.304 bits per heavy atom. The Hall–Kier alpha value is -12.8. The van der Waals surface area contributed by atoms with Crippen molar-refractivity contribution in [3.8, 4) is 84.1 Å². The van der Waals surface area contributed by atoms with Crippen LogP contribution in [0.4, 0.5) is 0 Å². The lowest BCUT2D eigenvalue weighted by Crippen LogP contribution is -2.15. The Kier molecular flexibility index (Phi) is 15.6. The number of thiophene rings is 2. The molecule has 0 amide bonds. The maximum absolute atomic E-state index is 6.31. The summed E-state index contributed by atoms with van der Waals surface area (Å²) in [7, 11) is 0. The zero-order chi connectivity index (χ0) is 74.0. The number of fused-ring (bicyclic) bond motifs is 24. The second kappa shape index (κ2) is 25.9. The maximum atomic E-state index is 6.31. The van der Waals surface area contributed by atoms with Gasteiger partial charge in [0.15, 0.2) is 0 Å². The van der Waals surface area contributed by atoms with Crippen molar-refractivity contribution >= 4 is 140 Å². The normalized spacial score (nSPS) is 13.3. The van der Waals surface area contributed by atoms with E-state index >= 15 is 0 Å². The third-order valence-electron chi connectivity index (χ3n) is 23.9. The minimum atomic E-state index is -0.107. The summed E-state index contributed by atoms with van der Waals surface area (Å²) in [5, 5.41) is 15.3. The van der Waals surface area contributed by atoms with E-state index in [0.29, 0.717) is 5.95 Å². The molecule has 0 N–H and O–H groups in total. The van der Waals surface area contributed by atoms with Gasteiger partial charge in [0, 0.05) is 52.9 Å². The van der Waals surface area contributed by atoms with Gasteiger partial charge in [-0.05, 0) is 187 Å². The molecule has 24 rings (SSSR count). The molecule has 0 radical (unpaired) electrons. The van der Waals surface area contributed by atoms with E-state index in [1.165, 1.54) is 152 Å². The summed E-state index contributed by atoms with van der Waals surface area (Å²) in [5.74, 6) is 0.684. The molecule has 3 aliphatic rings. The number of halogens is 1. The topological polar surface area (TPSA) is 56.5 Å². The molecule has 5 heterocycles. The molecule has 0 atom stereocenters. The van der Waals surface area contributed by atoms with Crippen molar-refractivity contribution in [2.45, 2.75) is 52.4 Å². The van der Waals surface area contributed by atoms with Crippen molar-refractivity contribution in [2.24, 2.45) is 0 Å². The number of hydrogen-bond donors (Lipinski definition) is 0. The highest BCUT2D eigenvalue weighted by Crippen LogP contribution is 2.55. The molecule has 8 heteroatoms. The summed E-state index contributed by atoms with van der Waals surface area (Å²) < 4.78 is 6.86. The molecule has 0 unspecified atom stereocenters. The van der Waals surface area contributed by atoms with Crippen LogP contribution in [0.1, 0.15) is 68.5 Å². The van der Waals surface area contributed by atoms with Crippen molar-refractivity contribution in [1.82, 2.24) is 24.5 Å². The second-order valence-corrected chi connectivity index (χ2v) is 33.2. The van der Waals surface area contributed by atoms with Gasteiger partial charge in [0.05, 0.1) is 42.9 Å². The van der Waals surface area contributed by atoms with Gasteiger partial charge < -0.3 is 0 Å². The Balaban J connectivity index is 0.000000117. The Labute approximate surface area is 662 Å². The molecule has 21 aromatic rings. The van der Waals surface area contributed by atoms with Crippen molar-refractivity contribution in [3.63, 3.8) is 0 Å². The van der Waals surface area contributed by atoms with Gasteiger partial charge in [0.1, 0.15) is 0 Å². The van der Waals surface area contributed by atoms with Crippen LogP contribution in [0.3, 0.4) is 0 Å². The van der Waals surface area contributed by atoms with E-state index in [9.17, 15) is 0 Å². The average Bonchev–Trinajstić information content (AvgIpc) is 1.55. The zero-order valence-electron chi connectivity index (χ0n) is 61.3. The standard InChI is InChI=1S/C51H33N3S.C26H15ClN2S.C26H20.CH4/c1-51(2)42-19-8-5-15-36(42)38-27-26-33-28-44-41(29-40(33)46(38)51)37-16-6-9-20-43(37)54(44)50-52-47(49-48(53-50)39-17-7-10-21-45(39)55-49)32-24-22-31(23-25-32)35-18-11-13-30-12-3-4-14-34(30)35;27-26-28-23(25-24(29-26)21-9-3-4-11-22(21)30-25)18-14-12-17(13-15-18)20-10-5-7-16-6-1-2-8-19(16)20;1-26(2)24-10-6-5-9-20(24)21-12-11-17-14-18-13-16-7-3-4-8-19(16)22(18)15-23(17)25(21)26;/h3-29H,1-2H3;1-15H;3-12,14-15H,13H2,1-2H3;1H4. The number of nitrogens with zero attached hydrogens (tertiary/aromatic N) is 5. The highest BCUT2D eigenvalue weighted by Gasteiger charge is 2.39. The number of benzene rings is 16. The Morgan fingerprint density at radius 2 is 0.750 bits per heavy atom. The first-order valence-corrected chi connectivity index (χ1v) is 40.1. The van der Waals surface area contributed by atoms with Crippen LogP contribution in [0.15, 0.2) is 328 Å². The van der Waals surface area contributed by atoms with Crippen LogP contribution in [-0.2, 0) is 17.3 Å². The summed E-state index contributed by atoms with van der Waals surface area (Å²) in [5.41, 5.74) is 29.8. The van der Waals surface area contributed by atoms with Gasteiger partial charge in [-0.15, -0.1) is 22.7 Å². The van der Waals surface area contributed by atoms with Gasteiger partial charge in [-0.1, -0.05) is 326 Å². The average molecular weight is 1490 g/mol. The van der Waals surface area contributed by atoms with Crippen molar-refractivity contribution in [3.05, 3.63) is 366 Å². The highest BCUT2D eigenvalue weighted by atomic mass is 35.5. The molecular formula is C104H72ClN5S2. The fourth-order valence-corrected chi connectivity index (χ4v) is 21.2. The lowest BCUT2D eigenvalue weighted by Gasteiger charge is -2.23. The van der Waals surface area contributed by atoms with Crippen LogP contribution in [0, 0.1) is 0 Å². The van der Waals surface area contributed by atoms with Crippen molar-refractivity contribution in [1.29, 1.82) is 0 Å². The second-order valence-electron chi connectivity index (χ2n) is 30.8. The van der Waals surface area contributed by atoms with Gasteiger partial charge in [-0.2, -0.15) is 0 Å². The van der Waals surface area contributed by atoms with E-state index in [2.05, 4.69) is 358 Å². The van der Waals surface area contributed by atoms with E-state index in [4.69, 9.17) is 21.6 Å². The maximum Gasteiger partial charge on any atom is 0.235 e. The van der Waals surface area contributed by atoms with Crippen LogP contribution in [0.25, 0.3) is 190 Å². The molecule has 0 spiro atoms. The first-order chi connectivity index (χ1) is 54.4. The highest BCUT2D eigenvalue weighted by molar-refractivity contribution is 7.26. The van der Waals surface area contributed by atoms with E-state index in [-0.39, 0.29) is 23.5 Å². The predicted molar refractivity (Wildman–Crippen MR) is 478 cm³/mol. The monoisotopic (exact) mass is 1490 g/mol. The molecule has 532 valence electrons. The largest absolute Gasteiger partial charge is 0.278 e. The smallest absolute Gasteiger partial charge is 0.235 e. The fourth-order valence-electron chi connectivity index (χ4n) is 18.8. The van der Waals surface area contributed by atoms with Gasteiger partial charge in [-0.25, -0.2) is 19.9 Å². The summed E-state index contributed by atoms with van der Waals surface area (Å²) in [4.78, 5) is 20.1. The van der Waals surface area contributed by atoms with Crippen molar-refractivity contribution in [2.75, 3.05) is 0 Å². The lowest BCUT2D eigenvalue weighted by atomic mass is 9.79. The Bertz CT molecular complexity index is 7500. The molecule has 5 aromatic heterocycles. The van der Waals surface area contributed by atoms with Gasteiger partial charge >= 0.3 is 0 Å². The number of aromatic nitrogens is 5. The first-order valence-electron chi connectivity index (χ1n) is 38.1. The lowest BCUT2D eigenvalue weighted by molar-refractivity contribution is 0.666. The third-order valence-corrected chi connectivity index (χ3v) is 26.4. The van der Waals surface area contributed by atoms with Crippen molar-refractivity contribution < 1.29 is 0 Å². The summed E-state index contributed by atoms with van der Waals surface area (Å²) >= 11 is 9.79. The molecule has 0 aliphatic heterocycles. The predicted octanol–water partition coefficient (Wildman–Crippen LogP) is 29.2. The van der Waals surface area contributed by atoms with Crippen LogP contribution in [0.2, 0.25) is 5.28 Å². The molecule has 16 aromatic carbocycles. The van der Waals surface area contributed by atoms with E-state index in [1.807, 2.05) is 12.1 Å². The summed E-state index contributed by atoms with van der Waals surface area (Å²) in [6.45, 7) is 9.49. The molecule has 112 heavy (non-hydrogen) atoms. The van der Waals surface area contributed by atoms with Crippen LogP contribution >= 0.6 is 34.3 Å². The Morgan fingerprint density at radius 3 is 1.34 bits per heavy atom. The van der Waals surface area contributed by atoms with Gasteiger partial charge in [-0.3, -0.25) is 4.57 Å². The third kappa shape index (κ3) is 10.5. The summed E-state index contributed by atoms with van der Waals surface area (Å²) in [6.07, 6.45) is 1.06. The molecule has 3 aliphatic carbocycles. The van der Waals surface area contributed by atoms with E-state index < -0.39 is 0 Å². The minimum Gasteiger partial charge on any atom is -0.278 e. The summed E-state index contributed by atoms with van der Waals surface area (Å²) in [6, 6.07) is 119. The first kappa shape index (κ1) is 67.4. The van der Waals surface area contributed by atoms with E-state index in [1.54, 1.807) is 22.7 Å². The fraction of sp³-hybridized carbons (Fsp3) is 0.0769. The number of para-hydroxylation sites is 1. The number of rotatable bonds is 5. The van der Waals surface area contributed by atoms with E-state index in [0.717, 1.165) is 71.2 Å². The molecule has 0 saturated carbocycles. The molecular weight excluding hydrogens is 1420 g/mol.